The fourth-order valence-electron chi connectivity index (χ4n) is 1.26. The molecule has 0 radical (unpaired) electrons. The van der Waals surface area contributed by atoms with Gasteiger partial charge < -0.3 is 4.74 Å². The molecule has 7 heteroatoms. The lowest BCUT2D eigenvalue weighted by atomic mass is 10.2. The van der Waals surface area contributed by atoms with Gasteiger partial charge in [0, 0.05) is 18.1 Å². The Labute approximate surface area is 110 Å². The first-order valence-corrected chi connectivity index (χ1v) is 7.24. The number of hydrogen-bond donors (Lipinski definition) is 2. The number of anilines is 1. The molecule has 17 heavy (non-hydrogen) atoms. The number of halogens is 1. The van der Waals surface area contributed by atoms with Gasteiger partial charge in [0.05, 0.1) is 12.3 Å². The first-order chi connectivity index (χ1) is 7.93. The molecule has 0 fully saturated rings. The highest BCUT2D eigenvalue weighted by Crippen LogP contribution is 2.19. The molecule has 0 amide bonds. The molecule has 1 rings (SSSR count). The summed E-state index contributed by atoms with van der Waals surface area (Å²) in [6, 6.07) is 5.35. The molecule has 0 bridgehead atoms. The molecule has 0 atom stereocenters. The summed E-state index contributed by atoms with van der Waals surface area (Å²) in [6.45, 7) is 2.46. The van der Waals surface area contributed by atoms with Gasteiger partial charge in [-0.3, -0.25) is 4.72 Å². The van der Waals surface area contributed by atoms with Crippen molar-refractivity contribution in [3.63, 3.8) is 0 Å². The highest BCUT2D eigenvalue weighted by atomic mass is 79.9. The van der Waals surface area contributed by atoms with E-state index in [0.717, 1.165) is 10.0 Å². The maximum absolute atomic E-state index is 11.6. The standard InChI is InChI=1S/C10H15BrN2O3S/c1-8-5-9(11)7-10(6-8)13-17(14,15)12-3-4-16-2/h5-7,12-13H,3-4H2,1-2H3. The van der Waals surface area contributed by atoms with Gasteiger partial charge in [-0.1, -0.05) is 15.9 Å². The van der Waals surface area contributed by atoms with E-state index in [4.69, 9.17) is 4.74 Å². The summed E-state index contributed by atoms with van der Waals surface area (Å²) >= 11 is 3.31. The molecule has 0 heterocycles. The van der Waals surface area contributed by atoms with Crippen molar-refractivity contribution < 1.29 is 13.2 Å². The summed E-state index contributed by atoms with van der Waals surface area (Å²) in [5, 5.41) is 0. The van der Waals surface area contributed by atoms with Crippen LogP contribution in [0, 0.1) is 6.92 Å². The van der Waals surface area contributed by atoms with E-state index in [1.165, 1.54) is 7.11 Å². The van der Waals surface area contributed by atoms with Crippen molar-refractivity contribution in [3.8, 4) is 0 Å². The molecule has 0 aliphatic carbocycles. The molecule has 96 valence electrons. The average molecular weight is 323 g/mol. The zero-order valence-electron chi connectivity index (χ0n) is 9.66. The Balaban J connectivity index is 2.69. The number of benzene rings is 1. The second-order valence-electron chi connectivity index (χ2n) is 3.51. The maximum atomic E-state index is 11.6. The highest BCUT2D eigenvalue weighted by Gasteiger charge is 2.09. The van der Waals surface area contributed by atoms with E-state index in [2.05, 4.69) is 25.4 Å². The lowest BCUT2D eigenvalue weighted by molar-refractivity contribution is 0.204. The quantitative estimate of drug-likeness (QED) is 0.782. The van der Waals surface area contributed by atoms with Gasteiger partial charge in [0.15, 0.2) is 0 Å². The number of hydrogen-bond acceptors (Lipinski definition) is 3. The van der Waals surface area contributed by atoms with Gasteiger partial charge in [-0.05, 0) is 30.7 Å². The van der Waals surface area contributed by atoms with E-state index in [1.54, 1.807) is 12.1 Å². The van der Waals surface area contributed by atoms with Crippen LogP contribution in [0.1, 0.15) is 5.56 Å². The predicted octanol–water partition coefficient (Wildman–Crippen LogP) is 1.65. The van der Waals surface area contributed by atoms with Gasteiger partial charge in [-0.15, -0.1) is 0 Å². The molecule has 1 aromatic rings. The van der Waals surface area contributed by atoms with E-state index < -0.39 is 10.2 Å². The Hall–Kier alpha value is -0.630. The lowest BCUT2D eigenvalue weighted by Gasteiger charge is -2.10. The van der Waals surface area contributed by atoms with E-state index in [0.29, 0.717) is 12.3 Å². The van der Waals surface area contributed by atoms with Crippen molar-refractivity contribution in [2.45, 2.75) is 6.92 Å². The largest absolute Gasteiger partial charge is 0.383 e. The molecule has 0 aromatic heterocycles. The number of nitrogens with one attached hydrogen (secondary N) is 2. The summed E-state index contributed by atoms with van der Waals surface area (Å²) in [5.41, 5.74) is 1.48. The minimum atomic E-state index is -3.54. The van der Waals surface area contributed by atoms with Gasteiger partial charge in [0.1, 0.15) is 0 Å². The van der Waals surface area contributed by atoms with Crippen LogP contribution >= 0.6 is 15.9 Å². The van der Waals surface area contributed by atoms with Crippen LogP contribution in [0.3, 0.4) is 0 Å². The highest BCUT2D eigenvalue weighted by molar-refractivity contribution is 9.10. The Kier molecular flexibility index (Phi) is 5.38. The molecule has 0 aliphatic rings. The van der Waals surface area contributed by atoms with E-state index in [-0.39, 0.29) is 6.54 Å². The monoisotopic (exact) mass is 322 g/mol. The Morgan fingerprint density at radius 1 is 1.35 bits per heavy atom. The van der Waals surface area contributed by atoms with Crippen molar-refractivity contribution in [2.75, 3.05) is 25.0 Å². The predicted molar refractivity (Wildman–Crippen MR) is 71.3 cm³/mol. The van der Waals surface area contributed by atoms with Gasteiger partial charge in [0.25, 0.3) is 10.2 Å². The van der Waals surface area contributed by atoms with Gasteiger partial charge in [-0.25, -0.2) is 0 Å². The minimum absolute atomic E-state index is 0.235. The third-order valence-electron chi connectivity index (χ3n) is 1.89. The fourth-order valence-corrected chi connectivity index (χ4v) is 2.72. The second-order valence-corrected chi connectivity index (χ2v) is 5.93. The molecule has 0 spiro atoms. The first-order valence-electron chi connectivity index (χ1n) is 4.96. The third-order valence-corrected chi connectivity index (χ3v) is 3.44. The van der Waals surface area contributed by atoms with Crippen LogP contribution in [0.25, 0.3) is 0 Å². The molecular formula is C10H15BrN2O3S. The van der Waals surface area contributed by atoms with E-state index >= 15 is 0 Å². The molecular weight excluding hydrogens is 308 g/mol. The van der Waals surface area contributed by atoms with Crippen LogP contribution in [0.15, 0.2) is 22.7 Å². The number of rotatable bonds is 6. The van der Waals surface area contributed by atoms with Crippen molar-refractivity contribution in [1.82, 2.24) is 4.72 Å². The van der Waals surface area contributed by atoms with Crippen molar-refractivity contribution in [1.29, 1.82) is 0 Å². The van der Waals surface area contributed by atoms with E-state index in [1.807, 2.05) is 13.0 Å². The molecule has 0 saturated heterocycles. The number of aryl methyl sites for hydroxylation is 1. The zero-order valence-corrected chi connectivity index (χ0v) is 12.1. The second kappa shape index (κ2) is 6.34. The van der Waals surface area contributed by atoms with Crippen molar-refractivity contribution in [3.05, 3.63) is 28.2 Å². The van der Waals surface area contributed by atoms with Crippen LogP contribution in [-0.4, -0.2) is 28.7 Å². The molecule has 2 N–H and O–H groups in total. The molecule has 0 unspecified atom stereocenters. The summed E-state index contributed by atoms with van der Waals surface area (Å²) in [4.78, 5) is 0. The smallest absolute Gasteiger partial charge is 0.299 e. The normalized spacial score (nSPS) is 11.5. The van der Waals surface area contributed by atoms with Crippen LogP contribution in [0.5, 0.6) is 0 Å². The van der Waals surface area contributed by atoms with Crippen LogP contribution in [-0.2, 0) is 14.9 Å². The summed E-state index contributed by atoms with van der Waals surface area (Å²) < 4.78 is 33.6. The Morgan fingerprint density at radius 3 is 2.65 bits per heavy atom. The molecule has 0 aliphatic heterocycles. The SMILES string of the molecule is COCCNS(=O)(=O)Nc1cc(C)cc(Br)c1. The third kappa shape index (κ3) is 5.49. The molecule has 1 aromatic carbocycles. The van der Waals surface area contributed by atoms with Crippen LogP contribution < -0.4 is 9.44 Å². The number of ether oxygens (including phenoxy) is 1. The zero-order chi connectivity index (χ0) is 12.9. The lowest BCUT2D eigenvalue weighted by Crippen LogP contribution is -2.32. The Morgan fingerprint density at radius 2 is 2.06 bits per heavy atom. The topological polar surface area (TPSA) is 67.4 Å². The van der Waals surface area contributed by atoms with E-state index in [9.17, 15) is 8.42 Å². The van der Waals surface area contributed by atoms with Gasteiger partial charge in [0.2, 0.25) is 0 Å². The summed E-state index contributed by atoms with van der Waals surface area (Å²) in [5.74, 6) is 0. The van der Waals surface area contributed by atoms with Gasteiger partial charge in [-0.2, -0.15) is 13.1 Å². The minimum Gasteiger partial charge on any atom is -0.383 e. The number of methoxy groups -OCH3 is 1. The fraction of sp³-hybridized carbons (Fsp3) is 0.400. The Bertz CT molecular complexity index is 456. The van der Waals surface area contributed by atoms with Crippen molar-refractivity contribution in [2.24, 2.45) is 0 Å². The molecule has 5 nitrogen and oxygen atoms in total. The maximum Gasteiger partial charge on any atom is 0.299 e. The van der Waals surface area contributed by atoms with Crippen LogP contribution in [0.4, 0.5) is 5.69 Å². The summed E-state index contributed by atoms with van der Waals surface area (Å²) in [6.07, 6.45) is 0. The average Bonchev–Trinajstić information content (AvgIpc) is 2.14. The molecule has 0 saturated carbocycles. The first kappa shape index (κ1) is 14.4. The van der Waals surface area contributed by atoms with Crippen LogP contribution in [0.2, 0.25) is 0 Å². The summed E-state index contributed by atoms with van der Waals surface area (Å²) in [7, 11) is -2.03. The van der Waals surface area contributed by atoms with Gasteiger partial charge >= 0.3 is 0 Å². The van der Waals surface area contributed by atoms with Crippen molar-refractivity contribution >= 4 is 31.8 Å².